The molecule has 1 fully saturated rings. The summed E-state index contributed by atoms with van der Waals surface area (Å²) in [6.07, 6.45) is -1.52. The van der Waals surface area contributed by atoms with Crippen LogP contribution in [0.2, 0.25) is 0 Å². The van der Waals surface area contributed by atoms with E-state index in [0.29, 0.717) is 0 Å². The number of halogens is 1. The molecule has 11 heteroatoms. The number of amides is 2. The Morgan fingerprint density at radius 3 is 2.54 bits per heavy atom. The molecular formula is C17H20FN2O7S-. The first kappa shape index (κ1) is 22.1. The first-order chi connectivity index (χ1) is 12.8. The second-order valence-electron chi connectivity index (χ2n) is 7.29. The second kappa shape index (κ2) is 8.03. The van der Waals surface area contributed by atoms with E-state index in [2.05, 4.69) is 5.32 Å². The lowest BCUT2D eigenvalue weighted by Crippen LogP contribution is -2.44. The highest BCUT2D eigenvalue weighted by Gasteiger charge is 2.39. The number of quaternary nitrogens is 1. The Hall–Kier alpha value is -2.21. The number of benzene rings is 1. The summed E-state index contributed by atoms with van der Waals surface area (Å²) in [6.45, 7) is 4.87. The summed E-state index contributed by atoms with van der Waals surface area (Å²) in [4.78, 5) is 34.5. The van der Waals surface area contributed by atoms with Crippen LogP contribution in [0.1, 0.15) is 43.6 Å². The van der Waals surface area contributed by atoms with Gasteiger partial charge in [-0.25, -0.2) is 18.8 Å². The van der Waals surface area contributed by atoms with E-state index in [-0.39, 0.29) is 35.9 Å². The zero-order valence-electron chi connectivity index (χ0n) is 15.4. The molecule has 0 aromatic heterocycles. The van der Waals surface area contributed by atoms with Gasteiger partial charge >= 0.3 is 18.0 Å². The van der Waals surface area contributed by atoms with Crippen molar-refractivity contribution in [2.24, 2.45) is 0 Å². The van der Waals surface area contributed by atoms with Gasteiger partial charge in [-0.1, -0.05) is 12.1 Å². The molecule has 0 saturated carbocycles. The van der Waals surface area contributed by atoms with Crippen LogP contribution in [0.5, 0.6) is 0 Å². The van der Waals surface area contributed by atoms with E-state index in [1.807, 2.05) is 0 Å². The van der Waals surface area contributed by atoms with E-state index in [1.165, 1.54) is 12.1 Å². The number of alkyl carbamates (subject to hydrolysis) is 1. The average Bonchev–Trinajstić information content (AvgIpc) is 2.78. The van der Waals surface area contributed by atoms with Gasteiger partial charge < -0.3 is 25.6 Å². The molecule has 0 bridgehead atoms. The lowest BCUT2D eigenvalue weighted by molar-refractivity contribution is -0.593. The fraction of sp³-hybridized carbons (Fsp3) is 0.471. The van der Waals surface area contributed by atoms with Crippen LogP contribution in [-0.2, 0) is 20.7 Å². The van der Waals surface area contributed by atoms with Gasteiger partial charge in [-0.2, -0.15) is 0 Å². The van der Waals surface area contributed by atoms with Crippen molar-refractivity contribution >= 4 is 29.9 Å². The van der Waals surface area contributed by atoms with E-state index in [0.717, 1.165) is 6.07 Å². The molecule has 1 aliphatic heterocycles. The van der Waals surface area contributed by atoms with Gasteiger partial charge in [0.1, 0.15) is 22.7 Å². The Balaban J connectivity index is 2.10. The molecule has 1 saturated heterocycles. The number of aliphatic carboxylic acids is 1. The minimum atomic E-state index is -2.37. The number of hydrogen-bond donors (Lipinski definition) is 2. The molecule has 0 aliphatic carbocycles. The van der Waals surface area contributed by atoms with Crippen LogP contribution >= 0.6 is 11.9 Å². The van der Waals surface area contributed by atoms with Crippen LogP contribution in [-0.4, -0.2) is 38.9 Å². The summed E-state index contributed by atoms with van der Waals surface area (Å²) in [6, 6.07) is 2.41. The Bertz CT molecular complexity index is 794. The van der Waals surface area contributed by atoms with E-state index >= 15 is 0 Å². The van der Waals surface area contributed by atoms with E-state index in [9.17, 15) is 34.3 Å². The highest BCUT2D eigenvalue weighted by atomic mass is 32.2. The van der Waals surface area contributed by atoms with Gasteiger partial charge in [0.2, 0.25) is 0 Å². The number of carbonyl (C=O) groups excluding carboxylic acids is 2. The molecule has 2 amide bonds. The zero-order valence-corrected chi connectivity index (χ0v) is 16.2. The molecule has 0 spiro atoms. The van der Waals surface area contributed by atoms with Gasteiger partial charge in [-0.15, -0.1) is 0 Å². The van der Waals surface area contributed by atoms with Crippen molar-refractivity contribution in [3.05, 3.63) is 45.6 Å². The number of hydrogen-bond acceptors (Lipinski definition) is 7. The molecule has 0 radical (unpaired) electrons. The summed E-state index contributed by atoms with van der Waals surface area (Å²) in [5, 5.41) is 33.3. The lowest BCUT2D eigenvalue weighted by Gasteiger charge is -2.36. The molecule has 2 rings (SSSR count). The molecular weight excluding hydrogens is 395 g/mol. The molecule has 1 aliphatic rings. The Labute approximate surface area is 164 Å². The monoisotopic (exact) mass is 415 g/mol. The molecule has 9 nitrogen and oxygen atoms in total. The zero-order chi connectivity index (χ0) is 21.3. The van der Waals surface area contributed by atoms with Crippen molar-refractivity contribution in [2.45, 2.75) is 50.5 Å². The predicted molar refractivity (Wildman–Crippen MR) is 97.8 cm³/mol. The number of nitrogens with one attached hydrogen (secondary N) is 1. The smallest absolute Gasteiger partial charge is 0.408 e. The van der Waals surface area contributed by atoms with Crippen LogP contribution in [0.4, 0.5) is 9.18 Å². The molecule has 1 unspecified atom stereocenters. The van der Waals surface area contributed by atoms with Gasteiger partial charge in [-0.05, 0) is 32.4 Å². The normalized spacial score (nSPS) is 19.9. The first-order valence-corrected chi connectivity index (χ1v) is 9.15. The fourth-order valence-corrected chi connectivity index (χ4v) is 3.59. The maximum absolute atomic E-state index is 14.4. The summed E-state index contributed by atoms with van der Waals surface area (Å²) < 4.78 is 17.1. The third-order valence-corrected chi connectivity index (χ3v) is 4.93. The molecule has 28 heavy (non-hydrogen) atoms. The lowest BCUT2D eigenvalue weighted by atomic mass is 10.0. The SMILES string of the molecule is CC(C)(C)OC(=O)N[C@@H](Cc1ccc(C2CC(=O)[N+]([O-])([O-])S2)c(F)c1)C(=O)O. The molecule has 154 valence electrons. The predicted octanol–water partition coefficient (Wildman–Crippen LogP) is 2.78. The fourth-order valence-electron chi connectivity index (χ4n) is 2.55. The van der Waals surface area contributed by atoms with Crippen LogP contribution in [0.25, 0.3) is 0 Å². The maximum atomic E-state index is 14.4. The van der Waals surface area contributed by atoms with Crippen molar-refractivity contribution in [3.8, 4) is 0 Å². The molecule has 2 atom stereocenters. The summed E-state index contributed by atoms with van der Waals surface area (Å²) in [5.74, 6) is -3.19. The van der Waals surface area contributed by atoms with Gasteiger partial charge in [0.05, 0.1) is 18.4 Å². The van der Waals surface area contributed by atoms with Crippen molar-refractivity contribution in [2.75, 3.05) is 0 Å². The number of carboxylic acids is 1. The first-order valence-electron chi connectivity index (χ1n) is 8.32. The van der Waals surface area contributed by atoms with Gasteiger partial charge in [0, 0.05) is 12.0 Å². The number of ether oxygens (including phenoxy) is 1. The molecule has 1 aromatic carbocycles. The Morgan fingerprint density at radius 1 is 1.43 bits per heavy atom. The van der Waals surface area contributed by atoms with Crippen LogP contribution in [0, 0.1) is 16.2 Å². The van der Waals surface area contributed by atoms with E-state index in [1.54, 1.807) is 20.8 Å². The quantitative estimate of drug-likeness (QED) is 0.425. The summed E-state index contributed by atoms with van der Waals surface area (Å²) >= 11 is 0.251. The van der Waals surface area contributed by atoms with Crippen molar-refractivity contribution < 1.29 is 32.8 Å². The third kappa shape index (κ3) is 5.64. The summed E-state index contributed by atoms with van der Waals surface area (Å²) in [7, 11) is 0. The van der Waals surface area contributed by atoms with Crippen LogP contribution in [0.3, 0.4) is 0 Å². The maximum Gasteiger partial charge on any atom is 0.408 e. The minimum Gasteiger partial charge on any atom is -0.612 e. The topological polar surface area (TPSA) is 139 Å². The second-order valence-corrected chi connectivity index (χ2v) is 8.55. The van der Waals surface area contributed by atoms with Crippen molar-refractivity contribution in [1.29, 1.82) is 0 Å². The van der Waals surface area contributed by atoms with Crippen LogP contribution in [0.15, 0.2) is 18.2 Å². The summed E-state index contributed by atoms with van der Waals surface area (Å²) in [5.41, 5.74) is -0.529. The van der Waals surface area contributed by atoms with E-state index < -0.39 is 44.9 Å². The Kier molecular flexibility index (Phi) is 6.34. The van der Waals surface area contributed by atoms with Crippen molar-refractivity contribution in [3.63, 3.8) is 0 Å². The van der Waals surface area contributed by atoms with Crippen LogP contribution < -0.4 is 5.32 Å². The number of hydroxylamine groups is 2. The Morgan fingerprint density at radius 2 is 2.07 bits per heavy atom. The number of rotatable bonds is 5. The number of carbonyl (C=O) groups is 3. The highest BCUT2D eigenvalue weighted by molar-refractivity contribution is 7.94. The van der Waals surface area contributed by atoms with Crippen molar-refractivity contribution in [1.82, 2.24) is 5.32 Å². The van der Waals surface area contributed by atoms with E-state index in [4.69, 9.17) is 4.74 Å². The average molecular weight is 415 g/mol. The molecule has 1 aromatic rings. The number of carboxylic acid groups (broad SMARTS) is 1. The highest BCUT2D eigenvalue weighted by Crippen LogP contribution is 2.46. The van der Waals surface area contributed by atoms with Gasteiger partial charge in [-0.3, -0.25) is 4.21 Å². The van der Waals surface area contributed by atoms with Gasteiger partial charge in [0.15, 0.2) is 0 Å². The molecule has 2 N–H and O–H groups in total. The standard InChI is InChI=1S/C17H20FN2O7S/c1-17(2,3)27-16(24)19-12(15(22)23)7-9-4-5-10(11(18)6-9)13-8-14(21)20(25,26)28-13/h4-6,12-13H,7-8H2,1-3H3,(H,19,24)(H,22,23)/q-1/t12-,13?/m0/s1. The molecule has 1 heterocycles. The third-order valence-electron chi connectivity index (χ3n) is 3.77. The number of nitrogens with zero attached hydrogens (tertiary/aromatic N) is 1. The van der Waals surface area contributed by atoms with Gasteiger partial charge in [0.25, 0.3) is 0 Å². The minimum absolute atomic E-state index is 0.0146. The largest absolute Gasteiger partial charge is 0.612 e.